The van der Waals surface area contributed by atoms with E-state index >= 15 is 0 Å². The number of unbranched alkanes of at least 4 members (excludes halogenated alkanes) is 2. The lowest BCUT2D eigenvalue weighted by Crippen LogP contribution is -2.43. The summed E-state index contributed by atoms with van der Waals surface area (Å²) in [5.74, 6) is -7.44. The molecule has 0 fully saturated rings. The van der Waals surface area contributed by atoms with E-state index in [-0.39, 0.29) is 19.4 Å². The van der Waals surface area contributed by atoms with Gasteiger partial charge in [0.25, 0.3) is 0 Å². The molecular formula is C13H20F5NO3. The van der Waals surface area contributed by atoms with Crippen LogP contribution in [0.4, 0.5) is 26.7 Å². The first-order chi connectivity index (χ1) is 9.77. The SMILES string of the molecule is CC(C)(C)OC(=O)NCCCCCC(=O)C(F)(F)C(F)(F)F. The first kappa shape index (κ1) is 20.6. The van der Waals surface area contributed by atoms with E-state index in [9.17, 15) is 31.5 Å². The maximum Gasteiger partial charge on any atom is 0.461 e. The zero-order valence-corrected chi connectivity index (χ0v) is 12.7. The number of carbonyl (C=O) groups excluding carboxylic acids is 2. The predicted octanol–water partition coefficient (Wildman–Crippen LogP) is 3.84. The average Bonchev–Trinajstić information content (AvgIpc) is 2.29. The molecule has 130 valence electrons. The van der Waals surface area contributed by atoms with E-state index in [4.69, 9.17) is 4.74 Å². The van der Waals surface area contributed by atoms with Crippen molar-refractivity contribution in [3.63, 3.8) is 0 Å². The summed E-state index contributed by atoms with van der Waals surface area (Å²) in [5, 5.41) is 2.41. The van der Waals surface area contributed by atoms with E-state index < -0.39 is 36.0 Å². The Morgan fingerprint density at radius 3 is 1.95 bits per heavy atom. The highest BCUT2D eigenvalue weighted by atomic mass is 19.4. The van der Waals surface area contributed by atoms with Crippen molar-refractivity contribution >= 4 is 11.9 Å². The average molecular weight is 333 g/mol. The van der Waals surface area contributed by atoms with Gasteiger partial charge in [-0.05, 0) is 33.6 Å². The van der Waals surface area contributed by atoms with E-state index in [1.165, 1.54) is 0 Å². The van der Waals surface area contributed by atoms with Gasteiger partial charge in [-0.25, -0.2) is 4.79 Å². The van der Waals surface area contributed by atoms with Gasteiger partial charge in [0.05, 0.1) is 0 Å². The van der Waals surface area contributed by atoms with Crippen LogP contribution < -0.4 is 5.32 Å². The lowest BCUT2D eigenvalue weighted by atomic mass is 10.1. The Balaban J connectivity index is 3.88. The first-order valence-corrected chi connectivity index (χ1v) is 6.72. The van der Waals surface area contributed by atoms with Gasteiger partial charge in [0.15, 0.2) is 0 Å². The van der Waals surface area contributed by atoms with Gasteiger partial charge in [-0.2, -0.15) is 22.0 Å². The Bertz CT molecular complexity index is 388. The van der Waals surface area contributed by atoms with Crippen molar-refractivity contribution in [1.29, 1.82) is 0 Å². The van der Waals surface area contributed by atoms with Gasteiger partial charge in [0.1, 0.15) is 5.60 Å². The fourth-order valence-corrected chi connectivity index (χ4v) is 1.41. The molecule has 9 heteroatoms. The predicted molar refractivity (Wildman–Crippen MR) is 68.7 cm³/mol. The number of alkyl halides is 5. The molecule has 0 aliphatic rings. The molecule has 0 aromatic rings. The fraction of sp³-hybridized carbons (Fsp3) is 0.846. The molecule has 1 amide bonds. The van der Waals surface area contributed by atoms with Crippen LogP contribution in [0, 0.1) is 0 Å². The minimum Gasteiger partial charge on any atom is -0.444 e. The molecule has 0 heterocycles. The lowest BCUT2D eigenvalue weighted by molar-refractivity contribution is -0.268. The molecule has 0 atom stereocenters. The fourth-order valence-electron chi connectivity index (χ4n) is 1.41. The Morgan fingerprint density at radius 1 is 0.955 bits per heavy atom. The third kappa shape index (κ3) is 7.56. The smallest absolute Gasteiger partial charge is 0.444 e. The highest BCUT2D eigenvalue weighted by Crippen LogP contribution is 2.37. The van der Waals surface area contributed by atoms with Crippen molar-refractivity contribution < 1.29 is 36.3 Å². The third-order valence-electron chi connectivity index (χ3n) is 2.46. The zero-order chi connectivity index (χ0) is 17.6. The number of amides is 1. The molecule has 0 saturated carbocycles. The number of ketones is 1. The molecule has 22 heavy (non-hydrogen) atoms. The topological polar surface area (TPSA) is 55.4 Å². The maximum atomic E-state index is 12.6. The highest BCUT2D eigenvalue weighted by Gasteiger charge is 2.62. The van der Waals surface area contributed by atoms with Crippen LogP contribution in [0.1, 0.15) is 46.5 Å². The zero-order valence-electron chi connectivity index (χ0n) is 12.7. The van der Waals surface area contributed by atoms with Crippen molar-refractivity contribution in [3.8, 4) is 0 Å². The Morgan fingerprint density at radius 2 is 1.50 bits per heavy atom. The van der Waals surface area contributed by atoms with Crippen LogP contribution in [-0.2, 0) is 9.53 Å². The van der Waals surface area contributed by atoms with Crippen LogP contribution >= 0.6 is 0 Å². The molecule has 0 saturated heterocycles. The number of halogens is 5. The summed E-state index contributed by atoms with van der Waals surface area (Å²) in [6.45, 7) is 5.22. The van der Waals surface area contributed by atoms with Gasteiger partial charge < -0.3 is 10.1 Å². The molecule has 1 N–H and O–H groups in total. The largest absolute Gasteiger partial charge is 0.461 e. The minimum absolute atomic E-state index is 0.111. The number of Topliss-reactive ketones (excluding diaryl/α,β-unsaturated/α-hetero) is 1. The van der Waals surface area contributed by atoms with Gasteiger partial charge >= 0.3 is 18.2 Å². The molecule has 0 bridgehead atoms. The highest BCUT2D eigenvalue weighted by molar-refractivity contribution is 5.86. The van der Waals surface area contributed by atoms with Crippen LogP contribution in [0.15, 0.2) is 0 Å². The van der Waals surface area contributed by atoms with Crippen LogP contribution in [0.2, 0.25) is 0 Å². The van der Waals surface area contributed by atoms with Crippen LogP contribution in [0.5, 0.6) is 0 Å². The molecule has 0 unspecified atom stereocenters. The molecule has 0 aliphatic carbocycles. The summed E-state index contributed by atoms with van der Waals surface area (Å²) >= 11 is 0. The number of hydrogen-bond donors (Lipinski definition) is 1. The second kappa shape index (κ2) is 7.73. The Hall–Kier alpha value is -1.41. The lowest BCUT2D eigenvalue weighted by Gasteiger charge is -2.19. The Labute approximate surface area is 125 Å². The third-order valence-corrected chi connectivity index (χ3v) is 2.46. The van der Waals surface area contributed by atoms with Gasteiger partial charge in [-0.1, -0.05) is 6.42 Å². The molecule has 0 aromatic heterocycles. The summed E-state index contributed by atoms with van der Waals surface area (Å²) < 4.78 is 65.9. The number of carbonyl (C=O) groups is 2. The summed E-state index contributed by atoms with van der Waals surface area (Å²) in [7, 11) is 0. The summed E-state index contributed by atoms with van der Waals surface area (Å²) in [5.41, 5.74) is -0.653. The van der Waals surface area contributed by atoms with E-state index in [2.05, 4.69) is 5.32 Å². The number of rotatable bonds is 7. The molecule has 0 rings (SSSR count). The molecule has 0 radical (unpaired) electrons. The van der Waals surface area contributed by atoms with E-state index in [1.807, 2.05) is 0 Å². The van der Waals surface area contributed by atoms with E-state index in [0.29, 0.717) is 6.42 Å². The van der Waals surface area contributed by atoms with Crippen molar-refractivity contribution in [2.45, 2.75) is 64.2 Å². The van der Waals surface area contributed by atoms with Crippen LogP contribution in [0.3, 0.4) is 0 Å². The monoisotopic (exact) mass is 333 g/mol. The van der Waals surface area contributed by atoms with Gasteiger partial charge in [0, 0.05) is 13.0 Å². The number of hydrogen-bond acceptors (Lipinski definition) is 3. The summed E-state index contributed by atoms with van der Waals surface area (Å²) in [4.78, 5) is 22.1. The van der Waals surface area contributed by atoms with Crippen molar-refractivity contribution in [1.82, 2.24) is 5.32 Å². The minimum atomic E-state index is -5.86. The van der Waals surface area contributed by atoms with Crippen molar-refractivity contribution in [2.75, 3.05) is 6.54 Å². The Kier molecular flexibility index (Phi) is 7.24. The standard InChI is InChI=1S/C13H20F5NO3/c1-11(2,3)22-10(21)19-8-6-4-5-7-9(20)12(14,15)13(16,17)18/h4-8H2,1-3H3,(H,19,21). The van der Waals surface area contributed by atoms with Crippen molar-refractivity contribution in [2.24, 2.45) is 0 Å². The number of alkyl carbamates (subject to hydrolysis) is 1. The molecule has 0 spiro atoms. The molecule has 0 aromatic carbocycles. The van der Waals surface area contributed by atoms with Gasteiger partial charge in [0.2, 0.25) is 5.78 Å². The van der Waals surface area contributed by atoms with Gasteiger partial charge in [-0.15, -0.1) is 0 Å². The second-order valence-electron chi connectivity index (χ2n) is 5.73. The maximum absolute atomic E-state index is 12.6. The van der Waals surface area contributed by atoms with E-state index in [0.717, 1.165) is 0 Å². The molecule has 4 nitrogen and oxygen atoms in total. The van der Waals surface area contributed by atoms with Crippen LogP contribution in [0.25, 0.3) is 0 Å². The van der Waals surface area contributed by atoms with E-state index in [1.54, 1.807) is 20.8 Å². The number of ether oxygens (including phenoxy) is 1. The van der Waals surface area contributed by atoms with Crippen molar-refractivity contribution in [3.05, 3.63) is 0 Å². The first-order valence-electron chi connectivity index (χ1n) is 6.72. The normalized spacial score (nSPS) is 12.9. The second-order valence-corrected chi connectivity index (χ2v) is 5.73. The summed E-state index contributed by atoms with van der Waals surface area (Å²) in [6.07, 6.45) is -6.91. The van der Waals surface area contributed by atoms with Crippen LogP contribution in [-0.4, -0.2) is 36.1 Å². The molecule has 0 aliphatic heterocycles. The molecular weight excluding hydrogens is 313 g/mol. The number of nitrogens with one attached hydrogen (secondary N) is 1. The van der Waals surface area contributed by atoms with Gasteiger partial charge in [-0.3, -0.25) is 4.79 Å². The quantitative estimate of drug-likeness (QED) is 0.569. The summed E-state index contributed by atoms with van der Waals surface area (Å²) in [6, 6.07) is 0.